The number of hydrogen-bond acceptors (Lipinski definition) is 2. The summed E-state index contributed by atoms with van der Waals surface area (Å²) >= 11 is 0. The highest BCUT2D eigenvalue weighted by molar-refractivity contribution is 5.66. The van der Waals surface area contributed by atoms with E-state index in [2.05, 4.69) is 0 Å². The molecule has 0 unspecified atom stereocenters. The van der Waals surface area contributed by atoms with Crippen LogP contribution in [-0.2, 0) is 6.18 Å². The number of alkyl halides is 3. The summed E-state index contributed by atoms with van der Waals surface area (Å²) in [5.74, 6) is -0.794. The molecule has 2 nitrogen and oxygen atoms in total. The van der Waals surface area contributed by atoms with Crippen molar-refractivity contribution < 1.29 is 22.3 Å². The van der Waals surface area contributed by atoms with Gasteiger partial charge in [0.05, 0.1) is 5.56 Å². The molecule has 0 atom stereocenters. The molecule has 2 rings (SSSR count). The molecular weight excluding hydrogens is 286 g/mol. The summed E-state index contributed by atoms with van der Waals surface area (Å²) in [6, 6.07) is 9.01. The predicted molar refractivity (Wildman–Crippen MR) is 71.4 cm³/mol. The highest BCUT2D eigenvalue weighted by atomic mass is 19.4. The molecule has 0 heterocycles. The molecule has 0 aromatic heterocycles. The summed E-state index contributed by atoms with van der Waals surface area (Å²) in [7, 11) is 0. The summed E-state index contributed by atoms with van der Waals surface area (Å²) in [5.41, 5.74) is 4.95. The molecule has 0 aliphatic rings. The van der Waals surface area contributed by atoms with E-state index < -0.39 is 17.6 Å². The minimum Gasteiger partial charge on any atom is -0.492 e. The molecular formula is C15H13F4NO. The van der Waals surface area contributed by atoms with Crippen LogP contribution in [0.2, 0.25) is 0 Å². The van der Waals surface area contributed by atoms with Gasteiger partial charge in [0, 0.05) is 6.54 Å². The molecule has 2 aromatic carbocycles. The maximum Gasteiger partial charge on any atom is 0.419 e. The van der Waals surface area contributed by atoms with E-state index in [-0.39, 0.29) is 24.5 Å². The Labute approximate surface area is 119 Å². The van der Waals surface area contributed by atoms with Crippen molar-refractivity contribution in [2.45, 2.75) is 6.18 Å². The molecule has 0 bridgehead atoms. The van der Waals surface area contributed by atoms with Crippen LogP contribution in [0.15, 0.2) is 42.5 Å². The molecule has 0 fully saturated rings. The second-order valence-electron chi connectivity index (χ2n) is 4.36. The van der Waals surface area contributed by atoms with Crippen molar-refractivity contribution >= 4 is 0 Å². The van der Waals surface area contributed by atoms with E-state index >= 15 is 0 Å². The summed E-state index contributed by atoms with van der Waals surface area (Å²) in [6.07, 6.45) is -4.56. The Hall–Kier alpha value is -2.08. The smallest absolute Gasteiger partial charge is 0.419 e. The van der Waals surface area contributed by atoms with Gasteiger partial charge in [-0.25, -0.2) is 4.39 Å². The van der Waals surface area contributed by atoms with E-state index in [9.17, 15) is 17.6 Å². The Balaban J connectivity index is 2.46. The van der Waals surface area contributed by atoms with Gasteiger partial charge in [0.15, 0.2) is 0 Å². The molecule has 0 aliphatic carbocycles. The topological polar surface area (TPSA) is 35.2 Å². The van der Waals surface area contributed by atoms with Gasteiger partial charge >= 0.3 is 6.18 Å². The Morgan fingerprint density at radius 2 is 1.71 bits per heavy atom. The minimum absolute atomic E-state index is 0.0115. The third-order valence-electron chi connectivity index (χ3n) is 2.82. The number of benzene rings is 2. The second-order valence-corrected chi connectivity index (χ2v) is 4.36. The monoisotopic (exact) mass is 299 g/mol. The van der Waals surface area contributed by atoms with Crippen molar-refractivity contribution in [3.05, 3.63) is 53.8 Å². The standard InChI is InChI=1S/C15H13F4NO/c16-12-3-1-2-10(8-12)11-4-5-14(21-7-6-20)13(9-11)15(17,18)19/h1-5,8-9H,6-7,20H2. The number of hydrogen-bond donors (Lipinski definition) is 1. The second kappa shape index (κ2) is 6.13. The van der Waals surface area contributed by atoms with Crippen LogP contribution < -0.4 is 10.5 Å². The van der Waals surface area contributed by atoms with E-state index in [1.165, 1.54) is 30.3 Å². The fourth-order valence-corrected chi connectivity index (χ4v) is 1.89. The molecule has 0 saturated heterocycles. The van der Waals surface area contributed by atoms with Crippen LogP contribution in [0.1, 0.15) is 5.56 Å². The van der Waals surface area contributed by atoms with Crippen molar-refractivity contribution in [3.8, 4) is 16.9 Å². The fourth-order valence-electron chi connectivity index (χ4n) is 1.89. The van der Waals surface area contributed by atoms with Gasteiger partial charge in [-0.15, -0.1) is 0 Å². The van der Waals surface area contributed by atoms with Gasteiger partial charge in [0.1, 0.15) is 18.2 Å². The van der Waals surface area contributed by atoms with Gasteiger partial charge in [-0.05, 0) is 35.4 Å². The molecule has 6 heteroatoms. The van der Waals surface area contributed by atoms with Crippen molar-refractivity contribution in [1.82, 2.24) is 0 Å². The first-order valence-corrected chi connectivity index (χ1v) is 6.22. The van der Waals surface area contributed by atoms with Crippen molar-refractivity contribution in [2.75, 3.05) is 13.2 Å². The van der Waals surface area contributed by atoms with Crippen molar-refractivity contribution in [1.29, 1.82) is 0 Å². The predicted octanol–water partition coefficient (Wildman–Crippen LogP) is 3.85. The average molecular weight is 299 g/mol. The van der Waals surface area contributed by atoms with E-state index in [0.29, 0.717) is 5.56 Å². The van der Waals surface area contributed by atoms with Gasteiger partial charge in [-0.2, -0.15) is 13.2 Å². The van der Waals surface area contributed by atoms with Crippen molar-refractivity contribution in [2.24, 2.45) is 5.73 Å². The van der Waals surface area contributed by atoms with Crippen LogP contribution >= 0.6 is 0 Å². The number of ether oxygens (including phenoxy) is 1. The molecule has 112 valence electrons. The zero-order valence-electron chi connectivity index (χ0n) is 11.0. The normalized spacial score (nSPS) is 11.5. The van der Waals surface area contributed by atoms with Gasteiger partial charge in [-0.3, -0.25) is 0 Å². The Morgan fingerprint density at radius 3 is 2.33 bits per heavy atom. The van der Waals surface area contributed by atoms with Gasteiger partial charge in [0.25, 0.3) is 0 Å². The largest absolute Gasteiger partial charge is 0.492 e. The zero-order valence-corrected chi connectivity index (χ0v) is 11.0. The van der Waals surface area contributed by atoms with Gasteiger partial charge < -0.3 is 10.5 Å². The molecule has 0 aliphatic heterocycles. The lowest BCUT2D eigenvalue weighted by atomic mass is 10.0. The molecule has 0 amide bonds. The van der Waals surface area contributed by atoms with Gasteiger partial charge in [0.2, 0.25) is 0 Å². The molecule has 2 aromatic rings. The molecule has 0 spiro atoms. The number of nitrogens with two attached hydrogens (primary N) is 1. The number of rotatable bonds is 4. The highest BCUT2D eigenvalue weighted by Gasteiger charge is 2.34. The van der Waals surface area contributed by atoms with E-state index in [4.69, 9.17) is 10.5 Å². The molecule has 21 heavy (non-hydrogen) atoms. The van der Waals surface area contributed by atoms with Crippen LogP contribution in [0, 0.1) is 5.82 Å². The summed E-state index contributed by atoms with van der Waals surface area (Å²) < 4.78 is 57.4. The summed E-state index contributed by atoms with van der Waals surface area (Å²) in [5, 5.41) is 0. The third kappa shape index (κ3) is 3.72. The first-order chi connectivity index (χ1) is 9.91. The van der Waals surface area contributed by atoms with Crippen LogP contribution in [0.5, 0.6) is 5.75 Å². The van der Waals surface area contributed by atoms with Crippen LogP contribution in [-0.4, -0.2) is 13.2 Å². The lowest BCUT2D eigenvalue weighted by molar-refractivity contribution is -0.138. The molecule has 0 saturated carbocycles. The van der Waals surface area contributed by atoms with Crippen molar-refractivity contribution in [3.63, 3.8) is 0 Å². The van der Waals surface area contributed by atoms with Gasteiger partial charge in [-0.1, -0.05) is 18.2 Å². The quantitative estimate of drug-likeness (QED) is 0.870. The third-order valence-corrected chi connectivity index (χ3v) is 2.82. The summed E-state index contributed by atoms with van der Waals surface area (Å²) in [6.45, 7) is 0.103. The zero-order chi connectivity index (χ0) is 15.5. The number of halogens is 4. The van der Waals surface area contributed by atoms with E-state index in [1.54, 1.807) is 6.07 Å². The van der Waals surface area contributed by atoms with Crippen LogP contribution in [0.3, 0.4) is 0 Å². The van der Waals surface area contributed by atoms with Crippen LogP contribution in [0.4, 0.5) is 17.6 Å². The highest BCUT2D eigenvalue weighted by Crippen LogP contribution is 2.38. The SMILES string of the molecule is NCCOc1ccc(-c2cccc(F)c2)cc1C(F)(F)F. The van der Waals surface area contributed by atoms with Crippen LogP contribution in [0.25, 0.3) is 11.1 Å². The average Bonchev–Trinajstić information content (AvgIpc) is 2.44. The Bertz CT molecular complexity index is 625. The minimum atomic E-state index is -4.56. The Morgan fingerprint density at radius 1 is 1.00 bits per heavy atom. The summed E-state index contributed by atoms with van der Waals surface area (Å²) in [4.78, 5) is 0. The lowest BCUT2D eigenvalue weighted by Crippen LogP contribution is -2.14. The maximum absolute atomic E-state index is 13.2. The molecule has 2 N–H and O–H groups in total. The van der Waals surface area contributed by atoms with E-state index in [0.717, 1.165) is 6.07 Å². The lowest BCUT2D eigenvalue weighted by Gasteiger charge is -2.15. The first kappa shape index (κ1) is 15.3. The molecule has 0 radical (unpaired) electrons. The maximum atomic E-state index is 13.2. The fraction of sp³-hybridized carbons (Fsp3) is 0.200. The van der Waals surface area contributed by atoms with E-state index in [1.807, 2.05) is 0 Å². The Kier molecular flexibility index (Phi) is 4.47. The first-order valence-electron chi connectivity index (χ1n) is 6.22.